The van der Waals surface area contributed by atoms with Gasteiger partial charge in [0.2, 0.25) is 0 Å². The standard InChI is InChI=1S/C7H14O8/c8-1-7(15,2-9)5(12)3(10)4(11)6(13)14/h3-5,8-12,15H,1-2H2,(H,13,14)/t3-,4-,5+/m1/s1. The number of carboxylic acids is 1. The molecule has 0 rings (SSSR count). The van der Waals surface area contributed by atoms with E-state index in [1.807, 2.05) is 0 Å². The lowest BCUT2D eigenvalue weighted by Crippen LogP contribution is -2.58. The molecule has 0 unspecified atom stereocenters. The Kier molecular flexibility index (Phi) is 5.08. The minimum absolute atomic E-state index is 1.10. The van der Waals surface area contributed by atoms with Crippen LogP contribution in [-0.4, -0.2) is 78.8 Å². The third-order valence-electron chi connectivity index (χ3n) is 2.00. The SMILES string of the molecule is O=C(O)[C@H](O)[C@@H](O)[C@H](O)C(O)(CO)CO. The number of carbonyl (C=O) groups is 1. The highest BCUT2D eigenvalue weighted by Gasteiger charge is 2.43. The minimum Gasteiger partial charge on any atom is -0.479 e. The fraction of sp³-hybridized carbons (Fsp3) is 0.857. The van der Waals surface area contributed by atoms with Gasteiger partial charge < -0.3 is 35.7 Å². The maximum Gasteiger partial charge on any atom is 0.335 e. The van der Waals surface area contributed by atoms with Gasteiger partial charge in [0, 0.05) is 0 Å². The largest absolute Gasteiger partial charge is 0.479 e. The van der Waals surface area contributed by atoms with Crippen LogP contribution in [0.3, 0.4) is 0 Å². The van der Waals surface area contributed by atoms with Crippen LogP contribution in [0.25, 0.3) is 0 Å². The molecular weight excluding hydrogens is 212 g/mol. The molecule has 0 amide bonds. The maximum atomic E-state index is 10.2. The van der Waals surface area contributed by atoms with Crippen molar-refractivity contribution in [2.24, 2.45) is 0 Å². The summed E-state index contributed by atoms with van der Waals surface area (Å²) in [6.07, 6.45) is -6.75. The van der Waals surface area contributed by atoms with Gasteiger partial charge in [0.1, 0.15) is 17.8 Å². The molecule has 7 N–H and O–H groups in total. The van der Waals surface area contributed by atoms with Gasteiger partial charge in [-0.2, -0.15) is 0 Å². The molecule has 0 fully saturated rings. The number of carboxylic acid groups (broad SMARTS) is 1. The summed E-state index contributed by atoms with van der Waals surface area (Å²) >= 11 is 0. The van der Waals surface area contributed by atoms with Gasteiger partial charge in [-0.05, 0) is 0 Å². The third kappa shape index (κ3) is 3.09. The summed E-state index contributed by atoms with van der Waals surface area (Å²) in [7, 11) is 0. The minimum atomic E-state index is -2.48. The van der Waals surface area contributed by atoms with Crippen molar-refractivity contribution < 1.29 is 40.5 Å². The van der Waals surface area contributed by atoms with Gasteiger partial charge in [-0.3, -0.25) is 0 Å². The number of hydrogen-bond acceptors (Lipinski definition) is 7. The first kappa shape index (κ1) is 14.2. The molecule has 15 heavy (non-hydrogen) atoms. The Balaban J connectivity index is 4.68. The Morgan fingerprint density at radius 3 is 1.80 bits per heavy atom. The fourth-order valence-electron chi connectivity index (χ4n) is 0.874. The Morgan fingerprint density at radius 2 is 1.53 bits per heavy atom. The second-order valence-electron chi connectivity index (χ2n) is 3.14. The number of aliphatic carboxylic acids is 1. The lowest BCUT2D eigenvalue weighted by Gasteiger charge is -2.32. The highest BCUT2D eigenvalue weighted by atomic mass is 16.4. The van der Waals surface area contributed by atoms with Crippen molar-refractivity contribution in [2.45, 2.75) is 23.9 Å². The second-order valence-corrected chi connectivity index (χ2v) is 3.14. The van der Waals surface area contributed by atoms with Crippen LogP contribution >= 0.6 is 0 Å². The highest BCUT2D eigenvalue weighted by molar-refractivity contribution is 5.72. The maximum absolute atomic E-state index is 10.2. The van der Waals surface area contributed by atoms with Gasteiger partial charge in [-0.15, -0.1) is 0 Å². The van der Waals surface area contributed by atoms with Crippen LogP contribution < -0.4 is 0 Å². The van der Waals surface area contributed by atoms with Gasteiger partial charge in [0.15, 0.2) is 6.10 Å². The fourth-order valence-corrected chi connectivity index (χ4v) is 0.874. The topological polar surface area (TPSA) is 159 Å². The molecule has 0 bridgehead atoms. The first-order chi connectivity index (χ1) is 6.80. The van der Waals surface area contributed by atoms with Crippen LogP contribution in [0.1, 0.15) is 0 Å². The number of aliphatic hydroxyl groups is 6. The zero-order valence-electron chi connectivity index (χ0n) is 7.69. The zero-order valence-corrected chi connectivity index (χ0v) is 7.69. The van der Waals surface area contributed by atoms with Crippen LogP contribution in [-0.2, 0) is 4.79 Å². The Labute approximate surface area is 84.7 Å². The molecule has 0 heterocycles. The van der Waals surface area contributed by atoms with Crippen molar-refractivity contribution >= 4 is 5.97 Å². The first-order valence-electron chi connectivity index (χ1n) is 4.01. The summed E-state index contributed by atoms with van der Waals surface area (Å²) < 4.78 is 0. The molecule has 0 aliphatic rings. The van der Waals surface area contributed by atoms with Gasteiger partial charge in [0.25, 0.3) is 0 Å². The lowest BCUT2D eigenvalue weighted by molar-refractivity contribution is -0.191. The molecule has 0 aromatic heterocycles. The van der Waals surface area contributed by atoms with Gasteiger partial charge >= 0.3 is 5.97 Å². The molecule has 0 aromatic rings. The molecule has 8 heteroatoms. The van der Waals surface area contributed by atoms with E-state index < -0.39 is 43.1 Å². The summed E-state index contributed by atoms with van der Waals surface area (Å²) in [6.45, 7) is -2.21. The quantitative estimate of drug-likeness (QED) is 0.240. The molecule has 0 aliphatic heterocycles. The van der Waals surface area contributed by atoms with E-state index in [0.29, 0.717) is 0 Å². The summed E-state index contributed by atoms with van der Waals surface area (Å²) in [5, 5.41) is 61.9. The van der Waals surface area contributed by atoms with E-state index in [0.717, 1.165) is 0 Å². The molecule has 3 atom stereocenters. The second kappa shape index (κ2) is 5.35. The average molecular weight is 226 g/mol. The van der Waals surface area contributed by atoms with Crippen molar-refractivity contribution in [1.82, 2.24) is 0 Å². The predicted molar refractivity (Wildman–Crippen MR) is 44.8 cm³/mol. The van der Waals surface area contributed by atoms with E-state index in [-0.39, 0.29) is 0 Å². The normalized spacial score (nSPS) is 18.3. The van der Waals surface area contributed by atoms with E-state index in [1.54, 1.807) is 0 Å². The molecule has 90 valence electrons. The van der Waals surface area contributed by atoms with E-state index in [9.17, 15) is 15.0 Å². The van der Waals surface area contributed by atoms with Crippen LogP contribution in [0.4, 0.5) is 0 Å². The molecule has 0 radical (unpaired) electrons. The Bertz CT molecular complexity index is 213. The predicted octanol–water partition coefficient (Wildman–Crippen LogP) is -4.13. The lowest BCUT2D eigenvalue weighted by atomic mass is 9.91. The van der Waals surface area contributed by atoms with Crippen LogP contribution in [0.5, 0.6) is 0 Å². The summed E-state index contributed by atoms with van der Waals surface area (Å²) in [5.74, 6) is -1.81. The van der Waals surface area contributed by atoms with E-state index in [4.69, 9.17) is 25.5 Å². The van der Waals surface area contributed by atoms with Crippen LogP contribution in [0.2, 0.25) is 0 Å². The smallest absolute Gasteiger partial charge is 0.335 e. The summed E-state index contributed by atoms with van der Waals surface area (Å²) in [5.41, 5.74) is -2.48. The van der Waals surface area contributed by atoms with Crippen molar-refractivity contribution in [1.29, 1.82) is 0 Å². The van der Waals surface area contributed by atoms with Crippen LogP contribution in [0.15, 0.2) is 0 Å². The molecule has 8 nitrogen and oxygen atoms in total. The van der Waals surface area contributed by atoms with Crippen molar-refractivity contribution in [3.05, 3.63) is 0 Å². The van der Waals surface area contributed by atoms with Crippen LogP contribution in [0, 0.1) is 0 Å². The molecular formula is C7H14O8. The van der Waals surface area contributed by atoms with Crippen molar-refractivity contribution in [3.8, 4) is 0 Å². The average Bonchev–Trinajstić information content (AvgIpc) is 2.24. The molecule has 0 spiro atoms. The Morgan fingerprint density at radius 1 is 1.13 bits per heavy atom. The number of aliphatic hydroxyl groups excluding tert-OH is 5. The molecule has 0 aliphatic carbocycles. The Hall–Kier alpha value is -0.770. The summed E-state index contributed by atoms with van der Waals surface area (Å²) in [6, 6.07) is 0. The molecule has 0 saturated carbocycles. The van der Waals surface area contributed by atoms with Gasteiger partial charge in [0.05, 0.1) is 13.2 Å². The van der Waals surface area contributed by atoms with Crippen molar-refractivity contribution in [3.63, 3.8) is 0 Å². The van der Waals surface area contributed by atoms with E-state index in [2.05, 4.69) is 0 Å². The van der Waals surface area contributed by atoms with E-state index >= 15 is 0 Å². The number of rotatable bonds is 6. The number of hydrogen-bond donors (Lipinski definition) is 7. The monoisotopic (exact) mass is 226 g/mol. The van der Waals surface area contributed by atoms with E-state index in [1.165, 1.54) is 0 Å². The van der Waals surface area contributed by atoms with Gasteiger partial charge in [-0.25, -0.2) is 4.79 Å². The molecule has 0 aromatic carbocycles. The molecule has 0 saturated heterocycles. The van der Waals surface area contributed by atoms with Crippen molar-refractivity contribution in [2.75, 3.05) is 13.2 Å². The van der Waals surface area contributed by atoms with Gasteiger partial charge in [-0.1, -0.05) is 0 Å². The third-order valence-corrected chi connectivity index (χ3v) is 2.00. The summed E-state index contributed by atoms with van der Waals surface area (Å²) in [4.78, 5) is 10.2. The first-order valence-corrected chi connectivity index (χ1v) is 4.01. The zero-order chi connectivity index (χ0) is 12.2. The highest BCUT2D eigenvalue weighted by Crippen LogP contribution is 2.15.